The Morgan fingerprint density at radius 3 is 0.972 bits per heavy atom. The summed E-state index contributed by atoms with van der Waals surface area (Å²) in [5.74, 6) is -1.53. The number of benzene rings is 4. The minimum atomic E-state index is -3.61. The van der Waals surface area contributed by atoms with Gasteiger partial charge in [0.25, 0.3) is 5.91 Å². The first-order chi connectivity index (χ1) is 17.4. The van der Waals surface area contributed by atoms with Crippen LogP contribution in [0.15, 0.2) is 135 Å². The van der Waals surface area contributed by atoms with Gasteiger partial charge in [0.05, 0.1) is 0 Å². The molecule has 0 N–H and O–H groups in total. The summed E-state index contributed by atoms with van der Waals surface area (Å²) in [7, 11) is -7.22. The van der Waals surface area contributed by atoms with Gasteiger partial charge in [0.2, 0.25) is 0 Å². The monoisotopic (exact) mass is 577 g/mol. The summed E-state index contributed by atoms with van der Waals surface area (Å²) in [5.41, 5.74) is 0. The van der Waals surface area contributed by atoms with E-state index in [0.29, 0.717) is 23.0 Å². The maximum atomic E-state index is 6.72. The van der Waals surface area contributed by atoms with Crippen LogP contribution in [0.5, 0.6) is 23.0 Å². The fourth-order valence-electron chi connectivity index (χ4n) is 3.13. The molecule has 12 heteroatoms. The second-order valence-electron chi connectivity index (χ2n) is 7.32. The molecule has 1 aliphatic rings. The lowest BCUT2D eigenvalue weighted by molar-refractivity contribution is 0.460. The SMILES string of the molecule is ClP1(Cl)=NP(Oc2ccccc2)(Oc2ccccc2)=NP(Oc2ccccc2)(Oc2ccccc2)=N1. The Labute approximate surface area is 219 Å². The summed E-state index contributed by atoms with van der Waals surface area (Å²) in [6.07, 6.45) is 0. The van der Waals surface area contributed by atoms with Gasteiger partial charge < -0.3 is 18.1 Å². The van der Waals surface area contributed by atoms with Gasteiger partial charge in [-0.05, 0) is 71.0 Å². The molecule has 0 atom stereocenters. The Bertz CT molecular complexity index is 1310. The summed E-state index contributed by atoms with van der Waals surface area (Å²) in [6, 6.07) is 36.3. The first-order valence-corrected chi connectivity index (χ1v) is 17.3. The highest BCUT2D eigenvalue weighted by Crippen LogP contribution is 2.82. The van der Waals surface area contributed by atoms with Gasteiger partial charge >= 0.3 is 15.3 Å². The van der Waals surface area contributed by atoms with Crippen molar-refractivity contribution < 1.29 is 18.1 Å². The van der Waals surface area contributed by atoms with Crippen molar-refractivity contribution in [3.63, 3.8) is 0 Å². The molecule has 0 saturated heterocycles. The number of halogens is 2. The van der Waals surface area contributed by atoms with E-state index in [1.54, 1.807) is 48.5 Å². The lowest BCUT2D eigenvalue weighted by Crippen LogP contribution is -2.06. The highest BCUT2D eigenvalue weighted by Gasteiger charge is 2.44. The standard InChI is InChI=1S/C24H20Cl2N3O4P3/c25-34(26)27-35(30-21-13-5-1-6-14-21,31-22-15-7-2-8-16-22)29-36(28-34,32-23-17-9-3-10-18-23)33-24-19-11-4-12-20-24/h1-20H. The smallest absolute Gasteiger partial charge is 0.413 e. The molecule has 36 heavy (non-hydrogen) atoms. The third kappa shape index (κ3) is 6.37. The second kappa shape index (κ2) is 10.8. The molecular formula is C24H20Cl2N3O4P3. The van der Waals surface area contributed by atoms with Crippen molar-refractivity contribution in [3.8, 4) is 23.0 Å². The Kier molecular flexibility index (Phi) is 7.48. The molecule has 0 spiro atoms. The van der Waals surface area contributed by atoms with Crippen LogP contribution < -0.4 is 18.1 Å². The zero-order chi connectivity index (χ0) is 24.9. The predicted molar refractivity (Wildman–Crippen MR) is 148 cm³/mol. The van der Waals surface area contributed by atoms with E-state index in [4.69, 9.17) is 45.1 Å². The fourth-order valence-corrected chi connectivity index (χ4v) is 13.7. The molecule has 4 aromatic carbocycles. The third-order valence-electron chi connectivity index (χ3n) is 4.54. The summed E-state index contributed by atoms with van der Waals surface area (Å²) in [5, 5.41) is 0. The zero-order valence-electron chi connectivity index (χ0n) is 18.6. The van der Waals surface area contributed by atoms with E-state index in [9.17, 15) is 0 Å². The van der Waals surface area contributed by atoms with Crippen molar-refractivity contribution in [1.82, 2.24) is 0 Å². The Morgan fingerprint density at radius 2 is 0.667 bits per heavy atom. The van der Waals surface area contributed by atoms with Crippen LogP contribution in [-0.4, -0.2) is 0 Å². The quantitative estimate of drug-likeness (QED) is 0.195. The third-order valence-corrected chi connectivity index (χ3v) is 14.1. The Hall–Kier alpha value is -2.65. The van der Waals surface area contributed by atoms with Gasteiger partial charge in [-0.3, -0.25) is 0 Å². The van der Waals surface area contributed by atoms with Crippen molar-refractivity contribution in [2.45, 2.75) is 0 Å². The van der Waals surface area contributed by atoms with Crippen molar-refractivity contribution >= 4 is 43.7 Å². The van der Waals surface area contributed by atoms with Crippen LogP contribution in [0.4, 0.5) is 0 Å². The largest absolute Gasteiger partial charge is 0.457 e. The molecule has 0 fully saturated rings. The van der Waals surface area contributed by atoms with Crippen LogP contribution in [0.2, 0.25) is 0 Å². The molecule has 0 amide bonds. The van der Waals surface area contributed by atoms with Crippen LogP contribution in [-0.2, 0) is 0 Å². The number of para-hydroxylation sites is 4. The number of nitrogens with zero attached hydrogens (tertiary/aromatic N) is 3. The fraction of sp³-hybridized carbons (Fsp3) is 0. The lowest BCUT2D eigenvalue weighted by Gasteiger charge is -2.30. The minimum absolute atomic E-state index is 0.474. The van der Waals surface area contributed by atoms with E-state index in [2.05, 4.69) is 9.03 Å². The summed E-state index contributed by atoms with van der Waals surface area (Å²) < 4.78 is 39.3. The Morgan fingerprint density at radius 1 is 0.389 bits per heavy atom. The number of hydrogen-bond donors (Lipinski definition) is 0. The summed E-state index contributed by atoms with van der Waals surface area (Å²) in [6.45, 7) is 0. The van der Waals surface area contributed by atoms with Gasteiger partial charge in [-0.25, -0.2) is 0 Å². The summed E-state index contributed by atoms with van der Waals surface area (Å²) >= 11 is 13.4. The van der Waals surface area contributed by atoms with E-state index in [0.717, 1.165) is 0 Å². The molecule has 184 valence electrons. The first kappa shape index (κ1) is 25.0. The van der Waals surface area contributed by atoms with Crippen LogP contribution >= 0.6 is 43.7 Å². The van der Waals surface area contributed by atoms with Gasteiger partial charge in [-0.2, -0.15) is 0 Å². The molecule has 0 saturated carbocycles. The van der Waals surface area contributed by atoms with Crippen molar-refractivity contribution in [2.75, 3.05) is 0 Å². The topological polar surface area (TPSA) is 74.0 Å². The van der Waals surface area contributed by atoms with Gasteiger partial charge in [0, 0.05) is 0 Å². The lowest BCUT2D eigenvalue weighted by atomic mass is 10.3. The Balaban J connectivity index is 1.72. The van der Waals surface area contributed by atoms with Gasteiger partial charge in [0.15, 0.2) is 0 Å². The zero-order valence-corrected chi connectivity index (χ0v) is 22.8. The molecule has 1 aliphatic heterocycles. The first-order valence-electron chi connectivity index (χ1n) is 10.7. The molecule has 0 unspecified atom stereocenters. The van der Waals surface area contributed by atoms with Gasteiger partial charge in [-0.1, -0.05) is 77.3 Å². The molecule has 5 rings (SSSR count). The van der Waals surface area contributed by atoms with E-state index in [1.165, 1.54) is 0 Å². The molecule has 0 aliphatic carbocycles. The van der Waals surface area contributed by atoms with Gasteiger partial charge in [-0.15, -0.1) is 9.03 Å². The number of hydrogen-bond acceptors (Lipinski definition) is 7. The maximum Gasteiger partial charge on any atom is 0.457 e. The van der Waals surface area contributed by atoms with Crippen LogP contribution in [0.25, 0.3) is 0 Å². The van der Waals surface area contributed by atoms with Crippen LogP contribution in [0.3, 0.4) is 0 Å². The molecule has 1 heterocycles. The average molecular weight is 578 g/mol. The van der Waals surface area contributed by atoms with E-state index >= 15 is 0 Å². The van der Waals surface area contributed by atoms with Crippen molar-refractivity contribution in [1.29, 1.82) is 0 Å². The number of rotatable bonds is 8. The molecule has 0 bridgehead atoms. The van der Waals surface area contributed by atoms with Gasteiger partial charge in [0.1, 0.15) is 23.0 Å². The second-order valence-corrected chi connectivity index (χ2v) is 16.4. The van der Waals surface area contributed by atoms with E-state index in [-0.39, 0.29) is 0 Å². The molecular weight excluding hydrogens is 558 g/mol. The maximum absolute atomic E-state index is 6.72. The van der Waals surface area contributed by atoms with Crippen molar-refractivity contribution in [3.05, 3.63) is 121 Å². The van der Waals surface area contributed by atoms with E-state index in [1.807, 2.05) is 72.8 Å². The molecule has 0 radical (unpaired) electrons. The molecule has 7 nitrogen and oxygen atoms in total. The van der Waals surface area contributed by atoms with E-state index < -0.39 is 21.2 Å². The highest BCUT2D eigenvalue weighted by atomic mass is 35.9. The van der Waals surface area contributed by atoms with Crippen LogP contribution in [0, 0.1) is 0 Å². The average Bonchev–Trinajstić information content (AvgIpc) is 2.85. The summed E-state index contributed by atoms with van der Waals surface area (Å²) in [4.78, 5) is 0. The van der Waals surface area contributed by atoms with Crippen molar-refractivity contribution in [2.24, 2.45) is 13.5 Å². The highest BCUT2D eigenvalue weighted by molar-refractivity contribution is 8.13. The minimum Gasteiger partial charge on any atom is -0.413 e. The molecule has 0 aromatic heterocycles. The van der Waals surface area contributed by atoms with Crippen LogP contribution in [0.1, 0.15) is 0 Å². The molecule has 4 aromatic rings. The normalized spacial score (nSPS) is 16.8. The predicted octanol–water partition coefficient (Wildman–Crippen LogP) is 10.6.